The van der Waals surface area contributed by atoms with Gasteiger partial charge in [-0.2, -0.15) is 0 Å². The summed E-state index contributed by atoms with van der Waals surface area (Å²) in [6, 6.07) is 18.1. The minimum atomic E-state index is -0.327. The third-order valence-corrected chi connectivity index (χ3v) is 6.26. The Labute approximate surface area is 180 Å². The number of hydrogen-bond donors (Lipinski definition) is 1. The first-order valence-electron chi connectivity index (χ1n) is 8.98. The summed E-state index contributed by atoms with van der Waals surface area (Å²) < 4.78 is 23.1. The molecule has 0 atom stereocenters. The maximum atomic E-state index is 13.9. The highest BCUT2D eigenvalue weighted by Gasteiger charge is 2.18. The van der Waals surface area contributed by atoms with E-state index in [1.54, 1.807) is 36.6 Å². The molecule has 4 aromatic rings. The summed E-state index contributed by atoms with van der Waals surface area (Å²) in [7, 11) is 1.63. The summed E-state index contributed by atoms with van der Waals surface area (Å²) in [5, 5.41) is 2.84. The third-order valence-electron chi connectivity index (χ3n) is 4.69. The number of aromatic nitrogens is 1. The second kappa shape index (κ2) is 8.39. The zero-order valence-corrected chi connectivity index (χ0v) is 18.0. The number of amides is 1. The van der Waals surface area contributed by atoms with Crippen LogP contribution < -0.4 is 10.1 Å². The standard InChI is InChI=1S/C22H18BrFN2O2S/c1-28-16-8-6-14(7-9-16)13-26-18-11-21(23)29-20(18)10-19(26)22(27)25-12-15-4-2-3-5-17(15)24/h2-11H,12-13H2,1H3,(H,25,27). The van der Waals surface area contributed by atoms with Crippen LogP contribution in [0.15, 0.2) is 64.5 Å². The van der Waals surface area contributed by atoms with E-state index in [2.05, 4.69) is 21.2 Å². The number of methoxy groups -OCH3 is 1. The van der Waals surface area contributed by atoms with E-state index in [0.717, 1.165) is 25.3 Å². The number of carbonyl (C=O) groups excluding carboxylic acids is 1. The van der Waals surface area contributed by atoms with Crippen molar-refractivity contribution in [1.29, 1.82) is 0 Å². The van der Waals surface area contributed by atoms with Gasteiger partial charge in [-0.25, -0.2) is 4.39 Å². The van der Waals surface area contributed by atoms with Crippen LogP contribution in [-0.2, 0) is 13.1 Å². The number of nitrogens with one attached hydrogen (secondary N) is 1. The number of carbonyl (C=O) groups is 1. The molecule has 0 radical (unpaired) electrons. The molecule has 29 heavy (non-hydrogen) atoms. The molecule has 0 saturated heterocycles. The lowest BCUT2D eigenvalue weighted by molar-refractivity contribution is 0.0942. The maximum absolute atomic E-state index is 13.9. The summed E-state index contributed by atoms with van der Waals surface area (Å²) in [5.74, 6) is 0.222. The Morgan fingerprint density at radius 2 is 1.93 bits per heavy atom. The summed E-state index contributed by atoms with van der Waals surface area (Å²) in [6.45, 7) is 0.676. The molecular formula is C22H18BrFN2O2S. The lowest BCUT2D eigenvalue weighted by Crippen LogP contribution is -2.26. The van der Waals surface area contributed by atoms with Crippen molar-refractivity contribution in [1.82, 2.24) is 9.88 Å². The van der Waals surface area contributed by atoms with Gasteiger partial charge in [-0.3, -0.25) is 4.79 Å². The Kier molecular flexibility index (Phi) is 5.69. The van der Waals surface area contributed by atoms with Gasteiger partial charge in [-0.05, 0) is 51.8 Å². The molecule has 1 amide bonds. The fraction of sp³-hybridized carbons (Fsp3) is 0.136. The van der Waals surface area contributed by atoms with E-state index in [9.17, 15) is 9.18 Å². The van der Waals surface area contributed by atoms with E-state index < -0.39 is 0 Å². The first-order valence-corrected chi connectivity index (χ1v) is 10.6. The van der Waals surface area contributed by atoms with Crippen LogP contribution in [-0.4, -0.2) is 17.6 Å². The SMILES string of the molecule is COc1ccc(Cn2c(C(=O)NCc3ccccc3F)cc3sc(Br)cc32)cc1. The van der Waals surface area contributed by atoms with Crippen molar-refractivity contribution >= 4 is 43.4 Å². The molecule has 7 heteroatoms. The van der Waals surface area contributed by atoms with Crippen LogP contribution >= 0.6 is 27.3 Å². The zero-order valence-electron chi connectivity index (χ0n) is 15.6. The van der Waals surface area contributed by atoms with Gasteiger partial charge in [0, 0.05) is 18.7 Å². The number of nitrogens with zero attached hydrogens (tertiary/aromatic N) is 1. The molecule has 0 bridgehead atoms. The summed E-state index contributed by atoms with van der Waals surface area (Å²) in [4.78, 5) is 12.9. The number of thiophene rings is 1. The van der Waals surface area contributed by atoms with Gasteiger partial charge in [0.15, 0.2) is 0 Å². The molecule has 0 aliphatic rings. The molecule has 2 aromatic heterocycles. The normalized spacial score (nSPS) is 11.0. The van der Waals surface area contributed by atoms with E-state index in [1.165, 1.54) is 6.07 Å². The molecule has 1 N–H and O–H groups in total. The van der Waals surface area contributed by atoms with Crippen LogP contribution in [0.5, 0.6) is 5.75 Å². The molecule has 2 aromatic carbocycles. The molecule has 4 rings (SSSR count). The number of rotatable bonds is 6. The molecule has 4 nitrogen and oxygen atoms in total. The van der Waals surface area contributed by atoms with Crippen molar-refractivity contribution in [2.24, 2.45) is 0 Å². The molecule has 0 unspecified atom stereocenters. The van der Waals surface area contributed by atoms with Gasteiger partial charge in [-0.15, -0.1) is 11.3 Å². The van der Waals surface area contributed by atoms with Gasteiger partial charge < -0.3 is 14.6 Å². The molecule has 2 heterocycles. The highest BCUT2D eigenvalue weighted by molar-refractivity contribution is 9.11. The Bertz CT molecular complexity index is 1170. The Hall–Kier alpha value is -2.64. The van der Waals surface area contributed by atoms with Crippen molar-refractivity contribution in [2.75, 3.05) is 7.11 Å². The number of halogens is 2. The van der Waals surface area contributed by atoms with E-state index in [1.807, 2.05) is 41.0 Å². The van der Waals surface area contributed by atoms with Gasteiger partial charge in [0.05, 0.1) is 21.1 Å². The van der Waals surface area contributed by atoms with Crippen LogP contribution in [0.25, 0.3) is 10.2 Å². The van der Waals surface area contributed by atoms with Crippen LogP contribution in [0.2, 0.25) is 0 Å². The van der Waals surface area contributed by atoms with E-state index >= 15 is 0 Å². The predicted octanol–water partition coefficient (Wildman–Crippen LogP) is 5.59. The zero-order chi connectivity index (χ0) is 20.4. The molecular weight excluding hydrogens is 455 g/mol. The molecule has 0 spiro atoms. The fourth-order valence-electron chi connectivity index (χ4n) is 3.19. The smallest absolute Gasteiger partial charge is 0.268 e. The molecule has 0 fully saturated rings. The Balaban J connectivity index is 1.62. The minimum absolute atomic E-state index is 0.135. The molecule has 0 aliphatic carbocycles. The topological polar surface area (TPSA) is 43.3 Å². The first kappa shape index (κ1) is 19.7. The van der Waals surface area contributed by atoms with E-state index in [0.29, 0.717) is 17.8 Å². The number of benzene rings is 2. The predicted molar refractivity (Wildman–Crippen MR) is 117 cm³/mol. The van der Waals surface area contributed by atoms with Crippen molar-refractivity contribution < 1.29 is 13.9 Å². The second-order valence-electron chi connectivity index (χ2n) is 6.54. The Morgan fingerprint density at radius 1 is 1.17 bits per heavy atom. The second-order valence-corrected chi connectivity index (χ2v) is 9.00. The number of fused-ring (bicyclic) bond motifs is 1. The van der Waals surface area contributed by atoms with E-state index in [4.69, 9.17) is 4.74 Å². The Morgan fingerprint density at radius 3 is 2.66 bits per heavy atom. The quantitative estimate of drug-likeness (QED) is 0.397. The van der Waals surface area contributed by atoms with Crippen molar-refractivity contribution in [3.8, 4) is 5.75 Å². The van der Waals surface area contributed by atoms with Crippen molar-refractivity contribution in [3.05, 3.63) is 87.1 Å². The highest BCUT2D eigenvalue weighted by atomic mass is 79.9. The highest BCUT2D eigenvalue weighted by Crippen LogP contribution is 2.33. The van der Waals surface area contributed by atoms with Crippen LogP contribution in [0.3, 0.4) is 0 Å². The van der Waals surface area contributed by atoms with Gasteiger partial charge in [-0.1, -0.05) is 30.3 Å². The monoisotopic (exact) mass is 472 g/mol. The van der Waals surface area contributed by atoms with Crippen LogP contribution in [0.1, 0.15) is 21.6 Å². The average Bonchev–Trinajstić information content (AvgIpc) is 3.24. The lowest BCUT2D eigenvalue weighted by Gasteiger charge is -2.12. The van der Waals surface area contributed by atoms with E-state index in [-0.39, 0.29) is 18.3 Å². The summed E-state index contributed by atoms with van der Waals surface area (Å²) in [6.07, 6.45) is 0. The number of ether oxygens (including phenoxy) is 1. The van der Waals surface area contributed by atoms with Gasteiger partial charge >= 0.3 is 0 Å². The third kappa shape index (κ3) is 4.21. The number of hydrogen-bond acceptors (Lipinski definition) is 3. The summed E-state index contributed by atoms with van der Waals surface area (Å²) in [5.41, 5.74) is 3.03. The maximum Gasteiger partial charge on any atom is 0.268 e. The van der Waals surface area contributed by atoms with Gasteiger partial charge in [0.1, 0.15) is 17.3 Å². The molecule has 0 aliphatic heterocycles. The van der Waals surface area contributed by atoms with Crippen molar-refractivity contribution in [2.45, 2.75) is 13.1 Å². The lowest BCUT2D eigenvalue weighted by atomic mass is 10.2. The molecule has 148 valence electrons. The molecule has 0 saturated carbocycles. The summed E-state index contributed by atoms with van der Waals surface area (Å²) >= 11 is 5.09. The fourth-order valence-corrected chi connectivity index (χ4v) is 4.76. The largest absolute Gasteiger partial charge is 0.497 e. The minimum Gasteiger partial charge on any atom is -0.497 e. The average molecular weight is 473 g/mol. The van der Waals surface area contributed by atoms with Crippen LogP contribution in [0, 0.1) is 5.82 Å². The van der Waals surface area contributed by atoms with Gasteiger partial charge in [0.25, 0.3) is 5.91 Å². The van der Waals surface area contributed by atoms with Gasteiger partial charge in [0.2, 0.25) is 0 Å². The van der Waals surface area contributed by atoms with Crippen molar-refractivity contribution in [3.63, 3.8) is 0 Å². The van der Waals surface area contributed by atoms with Crippen LogP contribution in [0.4, 0.5) is 4.39 Å². The first-order chi connectivity index (χ1) is 14.0.